The third-order valence-electron chi connectivity index (χ3n) is 4.07. The van der Waals surface area contributed by atoms with Gasteiger partial charge in [0.15, 0.2) is 0 Å². The molecular weight excluding hydrogens is 316 g/mol. The summed E-state index contributed by atoms with van der Waals surface area (Å²) in [6.07, 6.45) is 0.810. The Morgan fingerprint density at radius 1 is 1.21 bits per heavy atom. The average Bonchev–Trinajstić information content (AvgIpc) is 2.57. The van der Waals surface area contributed by atoms with Crippen molar-refractivity contribution < 1.29 is 23.4 Å². The molecule has 3 rings (SSSR count). The molecule has 0 fully saturated rings. The van der Waals surface area contributed by atoms with Crippen LogP contribution in [0.4, 0.5) is 8.78 Å². The molecule has 0 amide bonds. The van der Waals surface area contributed by atoms with Crippen LogP contribution in [-0.2, 0) is 29.1 Å². The van der Waals surface area contributed by atoms with Gasteiger partial charge in [0.25, 0.3) is 0 Å². The molecule has 0 spiro atoms. The number of aliphatic carboxylic acids is 1. The second kappa shape index (κ2) is 7.07. The van der Waals surface area contributed by atoms with Crippen LogP contribution in [0.2, 0.25) is 0 Å². The minimum atomic E-state index is -1.32. The maximum atomic E-state index is 13.8. The van der Waals surface area contributed by atoms with E-state index in [-0.39, 0.29) is 12.1 Å². The van der Waals surface area contributed by atoms with Gasteiger partial charge in [-0.3, -0.25) is 10.1 Å². The summed E-state index contributed by atoms with van der Waals surface area (Å²) >= 11 is 0. The Balaban J connectivity index is 1.77. The summed E-state index contributed by atoms with van der Waals surface area (Å²) in [6, 6.07) is 7.30. The minimum Gasteiger partial charge on any atom is -0.480 e. The van der Waals surface area contributed by atoms with Gasteiger partial charge < -0.3 is 9.84 Å². The molecule has 1 aliphatic rings. The van der Waals surface area contributed by atoms with E-state index in [9.17, 15) is 18.7 Å². The molecule has 1 aliphatic heterocycles. The first-order valence-electron chi connectivity index (χ1n) is 7.64. The molecule has 0 aliphatic carbocycles. The fourth-order valence-corrected chi connectivity index (χ4v) is 2.81. The molecule has 2 aromatic rings. The number of carbonyl (C=O) groups is 1. The van der Waals surface area contributed by atoms with E-state index in [2.05, 4.69) is 5.32 Å². The first-order chi connectivity index (χ1) is 11.5. The van der Waals surface area contributed by atoms with E-state index in [0.717, 1.165) is 35.7 Å². The van der Waals surface area contributed by atoms with Gasteiger partial charge in [-0.2, -0.15) is 0 Å². The maximum Gasteiger partial charge on any atom is 0.325 e. The number of ether oxygens (including phenoxy) is 1. The number of nitrogens with one attached hydrogen (secondary N) is 1. The first kappa shape index (κ1) is 16.5. The molecule has 0 aromatic heterocycles. The first-order valence-corrected chi connectivity index (χ1v) is 7.64. The predicted molar refractivity (Wildman–Crippen MR) is 83.4 cm³/mol. The minimum absolute atomic E-state index is 0.214. The standard InChI is InChI=1S/C18H17F2NO3/c19-14-3-4-16(20)15(8-14)17(18(22)23)21-9-11-1-2-13-10-24-6-5-12(13)7-11/h1-4,7-8,17,21H,5-6,9-10H2,(H,22,23). The van der Waals surface area contributed by atoms with Crippen LogP contribution in [0.25, 0.3) is 0 Å². The van der Waals surface area contributed by atoms with Gasteiger partial charge in [-0.05, 0) is 41.3 Å². The van der Waals surface area contributed by atoms with Crippen molar-refractivity contribution in [2.75, 3.05) is 6.61 Å². The molecule has 126 valence electrons. The van der Waals surface area contributed by atoms with Gasteiger partial charge in [0.05, 0.1) is 13.2 Å². The molecule has 1 atom stereocenters. The second-order valence-electron chi connectivity index (χ2n) is 5.72. The summed E-state index contributed by atoms with van der Waals surface area (Å²) in [7, 11) is 0. The number of fused-ring (bicyclic) bond motifs is 1. The van der Waals surface area contributed by atoms with E-state index >= 15 is 0 Å². The number of carboxylic acids is 1. The van der Waals surface area contributed by atoms with Crippen molar-refractivity contribution >= 4 is 5.97 Å². The topological polar surface area (TPSA) is 58.6 Å². The molecule has 24 heavy (non-hydrogen) atoms. The largest absolute Gasteiger partial charge is 0.480 e. The number of hydrogen-bond acceptors (Lipinski definition) is 3. The molecule has 0 saturated heterocycles. The Bertz CT molecular complexity index is 764. The second-order valence-corrected chi connectivity index (χ2v) is 5.72. The quantitative estimate of drug-likeness (QED) is 0.883. The Morgan fingerprint density at radius 2 is 2.04 bits per heavy atom. The van der Waals surface area contributed by atoms with E-state index in [0.29, 0.717) is 13.2 Å². The molecular formula is C18H17F2NO3. The van der Waals surface area contributed by atoms with Crippen molar-refractivity contribution in [3.8, 4) is 0 Å². The molecule has 1 unspecified atom stereocenters. The van der Waals surface area contributed by atoms with Crippen molar-refractivity contribution in [2.24, 2.45) is 0 Å². The number of halogens is 2. The van der Waals surface area contributed by atoms with Crippen LogP contribution < -0.4 is 5.32 Å². The van der Waals surface area contributed by atoms with Gasteiger partial charge in [-0.1, -0.05) is 18.2 Å². The summed E-state index contributed by atoms with van der Waals surface area (Å²) in [5, 5.41) is 12.1. The zero-order valence-corrected chi connectivity index (χ0v) is 12.9. The Hall–Kier alpha value is -2.31. The number of rotatable bonds is 5. The lowest BCUT2D eigenvalue weighted by molar-refractivity contribution is -0.139. The van der Waals surface area contributed by atoms with E-state index in [1.54, 1.807) is 0 Å². The Morgan fingerprint density at radius 3 is 2.83 bits per heavy atom. The van der Waals surface area contributed by atoms with Crippen LogP contribution in [-0.4, -0.2) is 17.7 Å². The average molecular weight is 333 g/mol. The van der Waals surface area contributed by atoms with Gasteiger partial charge in [0.1, 0.15) is 17.7 Å². The number of hydrogen-bond donors (Lipinski definition) is 2. The number of benzene rings is 2. The van der Waals surface area contributed by atoms with Crippen molar-refractivity contribution in [3.63, 3.8) is 0 Å². The van der Waals surface area contributed by atoms with Crippen molar-refractivity contribution in [1.82, 2.24) is 5.32 Å². The third kappa shape index (κ3) is 3.60. The number of carboxylic acid groups (broad SMARTS) is 1. The van der Waals surface area contributed by atoms with Crippen molar-refractivity contribution in [1.29, 1.82) is 0 Å². The maximum absolute atomic E-state index is 13.8. The van der Waals surface area contributed by atoms with Crippen molar-refractivity contribution in [2.45, 2.75) is 25.6 Å². The highest BCUT2D eigenvalue weighted by Crippen LogP contribution is 2.21. The highest BCUT2D eigenvalue weighted by molar-refractivity contribution is 5.75. The van der Waals surface area contributed by atoms with Gasteiger partial charge in [0.2, 0.25) is 0 Å². The molecule has 2 N–H and O–H groups in total. The molecule has 1 heterocycles. The lowest BCUT2D eigenvalue weighted by Gasteiger charge is -2.19. The van der Waals surface area contributed by atoms with Gasteiger partial charge in [0, 0.05) is 12.1 Å². The van der Waals surface area contributed by atoms with E-state index in [4.69, 9.17) is 4.74 Å². The third-order valence-corrected chi connectivity index (χ3v) is 4.07. The van der Waals surface area contributed by atoms with E-state index in [1.165, 1.54) is 5.56 Å². The summed E-state index contributed by atoms with van der Waals surface area (Å²) in [5.74, 6) is -2.68. The summed E-state index contributed by atoms with van der Waals surface area (Å²) in [4.78, 5) is 11.4. The summed E-state index contributed by atoms with van der Waals surface area (Å²) < 4.78 is 32.5. The van der Waals surface area contributed by atoms with Gasteiger partial charge in [-0.25, -0.2) is 8.78 Å². The molecule has 0 radical (unpaired) electrons. The Kier molecular flexibility index (Phi) is 4.87. The fourth-order valence-electron chi connectivity index (χ4n) is 2.81. The lowest BCUT2D eigenvalue weighted by Crippen LogP contribution is -2.29. The van der Waals surface area contributed by atoms with Crippen LogP contribution in [0.1, 0.15) is 28.3 Å². The smallest absolute Gasteiger partial charge is 0.325 e. The highest BCUT2D eigenvalue weighted by Gasteiger charge is 2.23. The molecule has 0 bridgehead atoms. The van der Waals surface area contributed by atoms with Crippen LogP contribution in [0.15, 0.2) is 36.4 Å². The van der Waals surface area contributed by atoms with E-state index in [1.807, 2.05) is 18.2 Å². The van der Waals surface area contributed by atoms with Crippen LogP contribution in [0, 0.1) is 11.6 Å². The molecule has 0 saturated carbocycles. The SMILES string of the molecule is O=C(O)C(NCc1ccc2c(c1)CCOC2)c1cc(F)ccc1F. The summed E-state index contributed by atoms with van der Waals surface area (Å²) in [6.45, 7) is 1.48. The zero-order chi connectivity index (χ0) is 17.1. The predicted octanol–water partition coefficient (Wildman–Crippen LogP) is 2.95. The molecule has 4 nitrogen and oxygen atoms in total. The fraction of sp³-hybridized carbons (Fsp3) is 0.278. The molecule has 6 heteroatoms. The Labute approximate surface area is 138 Å². The summed E-state index contributed by atoms with van der Waals surface area (Å²) in [5.41, 5.74) is 2.97. The van der Waals surface area contributed by atoms with Crippen LogP contribution in [0.5, 0.6) is 0 Å². The normalized spacial score (nSPS) is 14.9. The van der Waals surface area contributed by atoms with Gasteiger partial charge in [-0.15, -0.1) is 0 Å². The van der Waals surface area contributed by atoms with Crippen LogP contribution >= 0.6 is 0 Å². The van der Waals surface area contributed by atoms with E-state index < -0.39 is 23.6 Å². The van der Waals surface area contributed by atoms with Gasteiger partial charge >= 0.3 is 5.97 Å². The van der Waals surface area contributed by atoms with Crippen LogP contribution in [0.3, 0.4) is 0 Å². The highest BCUT2D eigenvalue weighted by atomic mass is 19.1. The lowest BCUT2D eigenvalue weighted by atomic mass is 10.00. The monoisotopic (exact) mass is 333 g/mol. The zero-order valence-electron chi connectivity index (χ0n) is 12.9. The molecule has 2 aromatic carbocycles. The van der Waals surface area contributed by atoms with Crippen molar-refractivity contribution in [3.05, 3.63) is 70.3 Å².